The number of hydrogen-bond donors (Lipinski definition) is 0. The minimum Gasteiger partial charge on any atom is -0.374 e. The molecule has 2 unspecified atom stereocenters. The lowest BCUT2D eigenvalue weighted by atomic mass is 9.99. The maximum Gasteiger partial charge on any atom is 0.166 e. The second-order valence-electron chi connectivity index (χ2n) is 6.99. The van der Waals surface area contributed by atoms with E-state index in [-0.39, 0.29) is 34.3 Å². The number of ether oxygens (including phenoxy) is 1. The average Bonchev–Trinajstić information content (AvgIpc) is 2.72. The monoisotopic (exact) mass is 416 g/mol. The quantitative estimate of drug-likeness (QED) is 0.217. The molecule has 2 atom stereocenters. The molecule has 0 amide bonds. The predicted octanol–water partition coefficient (Wildman–Crippen LogP) is 8.13. The van der Waals surface area contributed by atoms with E-state index in [1.807, 2.05) is 6.92 Å². The molecule has 0 fully saturated rings. The second-order valence-corrected chi connectivity index (χ2v) is 6.99. The Balaban J connectivity index is 5.10. The Morgan fingerprint density at radius 2 is 1.40 bits per heavy atom. The van der Waals surface area contributed by atoms with E-state index in [1.54, 1.807) is 13.0 Å². The van der Waals surface area contributed by atoms with Crippen LogP contribution in [0.4, 0.5) is 13.2 Å². The zero-order valence-corrected chi connectivity index (χ0v) is 18.2. The highest BCUT2D eigenvalue weighted by Gasteiger charge is 2.14. The molecule has 0 spiro atoms. The molecule has 0 radical (unpaired) electrons. The summed E-state index contributed by atoms with van der Waals surface area (Å²) in [6.45, 7) is 30.7. The summed E-state index contributed by atoms with van der Waals surface area (Å²) in [5.41, 5.74) is 0.782. The summed E-state index contributed by atoms with van der Waals surface area (Å²) in [6, 6.07) is 0. The van der Waals surface area contributed by atoms with Gasteiger partial charge in [0.05, 0.1) is 12.7 Å². The van der Waals surface area contributed by atoms with E-state index >= 15 is 0 Å². The van der Waals surface area contributed by atoms with Crippen molar-refractivity contribution in [2.45, 2.75) is 26.9 Å². The smallest absolute Gasteiger partial charge is 0.166 e. The summed E-state index contributed by atoms with van der Waals surface area (Å²) in [7, 11) is 0. The van der Waals surface area contributed by atoms with Crippen molar-refractivity contribution in [3.05, 3.63) is 121 Å². The highest BCUT2D eigenvalue weighted by atomic mass is 19.2. The largest absolute Gasteiger partial charge is 0.374 e. The van der Waals surface area contributed by atoms with Crippen LogP contribution in [0.2, 0.25) is 0 Å². The van der Waals surface area contributed by atoms with Gasteiger partial charge in [-0.25, -0.2) is 13.2 Å². The van der Waals surface area contributed by atoms with Crippen molar-refractivity contribution in [3.63, 3.8) is 0 Å². The number of hydrogen-bond acceptors (Lipinski definition) is 1. The van der Waals surface area contributed by atoms with Gasteiger partial charge in [-0.3, -0.25) is 0 Å². The Morgan fingerprint density at radius 3 is 1.90 bits per heavy atom. The van der Waals surface area contributed by atoms with Crippen molar-refractivity contribution in [3.8, 4) is 0 Å². The molecular formula is C26H31F3O. The molecule has 0 aromatic heterocycles. The van der Waals surface area contributed by atoms with E-state index in [4.69, 9.17) is 4.74 Å². The first-order valence-corrected chi connectivity index (χ1v) is 9.29. The molecule has 0 saturated heterocycles. The SMILES string of the molecule is C=CC(C)OCC(C)C(=C)/C(F)=C\C(=C)C(=C)/C=C\C(=C)C(=C)/C(F)=C(/F)C(=C)C. The fraction of sp³-hybridized carbons (Fsp3) is 0.231. The molecule has 0 N–H and O–H groups in total. The van der Waals surface area contributed by atoms with Gasteiger partial charge in [0.1, 0.15) is 5.83 Å². The summed E-state index contributed by atoms with van der Waals surface area (Å²) >= 11 is 0. The molecule has 0 aliphatic rings. The van der Waals surface area contributed by atoms with E-state index < -0.39 is 17.5 Å². The van der Waals surface area contributed by atoms with Crippen LogP contribution in [0.1, 0.15) is 20.8 Å². The summed E-state index contributed by atoms with van der Waals surface area (Å²) in [5, 5.41) is 0. The van der Waals surface area contributed by atoms with E-state index in [2.05, 4.69) is 46.1 Å². The molecule has 0 heterocycles. The van der Waals surface area contributed by atoms with Crippen molar-refractivity contribution >= 4 is 0 Å². The molecule has 0 aromatic rings. The van der Waals surface area contributed by atoms with Gasteiger partial charge >= 0.3 is 0 Å². The Kier molecular flexibility index (Phi) is 11.5. The predicted molar refractivity (Wildman–Crippen MR) is 123 cm³/mol. The Labute approximate surface area is 179 Å². The molecule has 4 heteroatoms. The minimum absolute atomic E-state index is 0.0531. The van der Waals surface area contributed by atoms with Gasteiger partial charge in [0.15, 0.2) is 11.7 Å². The molecule has 0 aliphatic heterocycles. The minimum atomic E-state index is -1.13. The van der Waals surface area contributed by atoms with E-state index in [0.29, 0.717) is 17.8 Å². The molecule has 0 aliphatic carbocycles. The van der Waals surface area contributed by atoms with Crippen LogP contribution in [0.3, 0.4) is 0 Å². The Hall–Kier alpha value is -2.85. The maximum atomic E-state index is 14.5. The van der Waals surface area contributed by atoms with Gasteiger partial charge in [-0.1, -0.05) is 64.6 Å². The summed E-state index contributed by atoms with van der Waals surface area (Å²) in [5.74, 6) is -3.01. The lowest BCUT2D eigenvalue weighted by Gasteiger charge is -2.16. The fourth-order valence-electron chi connectivity index (χ4n) is 1.91. The molecule has 0 saturated carbocycles. The maximum absolute atomic E-state index is 14.5. The highest BCUT2D eigenvalue weighted by molar-refractivity contribution is 5.53. The van der Waals surface area contributed by atoms with Gasteiger partial charge in [0, 0.05) is 11.5 Å². The lowest BCUT2D eigenvalue weighted by Crippen LogP contribution is -2.13. The van der Waals surface area contributed by atoms with E-state index in [0.717, 1.165) is 0 Å². The van der Waals surface area contributed by atoms with Crippen molar-refractivity contribution < 1.29 is 17.9 Å². The van der Waals surface area contributed by atoms with Crippen LogP contribution < -0.4 is 0 Å². The van der Waals surface area contributed by atoms with Crippen LogP contribution in [0.5, 0.6) is 0 Å². The lowest BCUT2D eigenvalue weighted by molar-refractivity contribution is 0.0800. The zero-order chi connectivity index (χ0) is 23.6. The normalized spacial score (nSPS) is 14.5. The van der Waals surface area contributed by atoms with Crippen LogP contribution in [-0.4, -0.2) is 12.7 Å². The van der Waals surface area contributed by atoms with Crippen LogP contribution >= 0.6 is 0 Å². The van der Waals surface area contributed by atoms with Gasteiger partial charge in [-0.2, -0.15) is 0 Å². The van der Waals surface area contributed by atoms with Gasteiger partial charge < -0.3 is 4.74 Å². The zero-order valence-electron chi connectivity index (χ0n) is 18.2. The Morgan fingerprint density at radius 1 is 0.867 bits per heavy atom. The third-order valence-electron chi connectivity index (χ3n) is 4.26. The summed E-state index contributed by atoms with van der Waals surface area (Å²) in [6.07, 6.45) is 5.58. The first-order chi connectivity index (χ1) is 13.8. The van der Waals surface area contributed by atoms with Crippen LogP contribution in [0.25, 0.3) is 0 Å². The van der Waals surface area contributed by atoms with Gasteiger partial charge in [0.25, 0.3) is 0 Å². The topological polar surface area (TPSA) is 9.23 Å². The standard InChI is InChI=1S/C26H31F3O/c1-11-21(8)30-15-20(7)22(9)24(27)14-19(6)17(4)12-13-18(5)23(10)26(29)25(28)16(2)3/h11-14,20-21H,1-2,4-6,9-10,15H2,3,7-8H3/b13-12-,24-14+,26-25-. The first kappa shape index (κ1) is 27.2. The molecule has 0 rings (SSSR count). The van der Waals surface area contributed by atoms with Gasteiger partial charge in [0.2, 0.25) is 0 Å². The molecule has 162 valence electrons. The van der Waals surface area contributed by atoms with Crippen LogP contribution in [-0.2, 0) is 4.74 Å². The van der Waals surface area contributed by atoms with Crippen molar-refractivity contribution in [1.29, 1.82) is 0 Å². The highest BCUT2D eigenvalue weighted by Crippen LogP contribution is 2.27. The number of halogens is 3. The summed E-state index contributed by atoms with van der Waals surface area (Å²) < 4.78 is 47.6. The molecule has 1 nitrogen and oxygen atoms in total. The third kappa shape index (κ3) is 8.66. The fourth-order valence-corrected chi connectivity index (χ4v) is 1.91. The van der Waals surface area contributed by atoms with E-state index in [9.17, 15) is 13.2 Å². The van der Waals surface area contributed by atoms with E-state index in [1.165, 1.54) is 25.2 Å². The molecule has 0 aromatic carbocycles. The van der Waals surface area contributed by atoms with Crippen molar-refractivity contribution in [1.82, 2.24) is 0 Å². The third-order valence-corrected chi connectivity index (χ3v) is 4.26. The van der Waals surface area contributed by atoms with Crippen molar-refractivity contribution in [2.75, 3.05) is 6.61 Å². The molecule has 30 heavy (non-hydrogen) atoms. The first-order valence-electron chi connectivity index (χ1n) is 9.29. The number of rotatable bonds is 13. The molecule has 0 bridgehead atoms. The summed E-state index contributed by atoms with van der Waals surface area (Å²) in [4.78, 5) is 0. The average molecular weight is 417 g/mol. The second kappa shape index (κ2) is 12.7. The van der Waals surface area contributed by atoms with Gasteiger partial charge in [-0.15, -0.1) is 6.58 Å². The van der Waals surface area contributed by atoms with Gasteiger partial charge in [-0.05, 0) is 47.8 Å². The van der Waals surface area contributed by atoms with Crippen LogP contribution in [0, 0.1) is 5.92 Å². The van der Waals surface area contributed by atoms with Crippen LogP contribution in [0.15, 0.2) is 121 Å². The molecular weight excluding hydrogens is 385 g/mol. The Bertz CT molecular complexity index is 850. The number of allylic oxidation sites excluding steroid dienone is 11. The van der Waals surface area contributed by atoms with Crippen molar-refractivity contribution in [2.24, 2.45) is 5.92 Å².